The van der Waals surface area contributed by atoms with Crippen molar-refractivity contribution in [3.05, 3.63) is 69.5 Å². The van der Waals surface area contributed by atoms with Gasteiger partial charge in [0.05, 0.1) is 16.7 Å². The number of hydrogen-bond donors (Lipinski definition) is 1. The Labute approximate surface area is 202 Å². The van der Waals surface area contributed by atoms with Crippen molar-refractivity contribution in [3.63, 3.8) is 0 Å². The van der Waals surface area contributed by atoms with E-state index in [9.17, 15) is 9.59 Å². The number of halogens is 1. The Bertz CT molecular complexity index is 1180. The Hall–Kier alpha value is -2.35. The van der Waals surface area contributed by atoms with Crippen LogP contribution in [0.4, 0.5) is 0 Å². The van der Waals surface area contributed by atoms with Gasteiger partial charge in [-0.05, 0) is 49.9 Å². The summed E-state index contributed by atoms with van der Waals surface area (Å²) in [5.41, 5.74) is 1.74. The molecule has 0 unspecified atom stereocenters. The summed E-state index contributed by atoms with van der Waals surface area (Å²) >= 11 is 7.39. The van der Waals surface area contributed by atoms with E-state index < -0.39 is 0 Å². The first kappa shape index (κ1) is 23.8. The maximum absolute atomic E-state index is 13.1. The van der Waals surface area contributed by atoms with E-state index in [2.05, 4.69) is 22.4 Å². The number of amides is 1. The fourth-order valence-corrected chi connectivity index (χ4v) is 4.93. The van der Waals surface area contributed by atoms with Crippen LogP contribution in [0.3, 0.4) is 0 Å². The maximum Gasteiger partial charge on any atom is 0.262 e. The minimum absolute atomic E-state index is 0.0565. The summed E-state index contributed by atoms with van der Waals surface area (Å²) in [7, 11) is 0. The Balaban J connectivity index is 1.45. The third-order valence-electron chi connectivity index (χ3n) is 5.95. The van der Waals surface area contributed by atoms with Crippen LogP contribution >= 0.6 is 23.4 Å². The summed E-state index contributed by atoms with van der Waals surface area (Å²) in [6, 6.07) is 15.4. The van der Waals surface area contributed by atoms with Crippen LogP contribution in [-0.2, 0) is 21.5 Å². The Morgan fingerprint density at radius 3 is 2.76 bits per heavy atom. The third kappa shape index (κ3) is 5.78. The molecule has 0 spiro atoms. The number of carbonyl (C=O) groups excluding carboxylic acids is 1. The SMILES string of the molecule is CCOCCCn1c(SCC(=O)NCC2(c3ccccc3)CC2)nc2cc(Cl)ccc2c1=O. The van der Waals surface area contributed by atoms with Crippen molar-refractivity contribution in [2.75, 3.05) is 25.5 Å². The fourth-order valence-electron chi connectivity index (χ4n) is 3.91. The number of carbonyl (C=O) groups is 1. The molecule has 0 atom stereocenters. The van der Waals surface area contributed by atoms with Crippen LogP contribution in [-0.4, -0.2) is 41.0 Å². The predicted octanol–water partition coefficient (Wildman–Crippen LogP) is 4.42. The van der Waals surface area contributed by atoms with Gasteiger partial charge in [-0.15, -0.1) is 0 Å². The number of nitrogens with one attached hydrogen (secondary N) is 1. The van der Waals surface area contributed by atoms with E-state index in [0.29, 0.717) is 53.8 Å². The van der Waals surface area contributed by atoms with Gasteiger partial charge in [-0.25, -0.2) is 4.98 Å². The first-order chi connectivity index (χ1) is 16.0. The molecule has 0 aliphatic heterocycles. The molecule has 1 saturated carbocycles. The number of benzene rings is 2. The van der Waals surface area contributed by atoms with Crippen LogP contribution in [0.2, 0.25) is 5.02 Å². The molecule has 2 aromatic carbocycles. The summed E-state index contributed by atoms with van der Waals surface area (Å²) < 4.78 is 7.06. The molecule has 174 valence electrons. The predicted molar refractivity (Wildman–Crippen MR) is 133 cm³/mol. The molecule has 4 rings (SSSR count). The number of nitrogens with zero attached hydrogens (tertiary/aromatic N) is 2. The molecule has 3 aromatic rings. The molecule has 1 aliphatic carbocycles. The zero-order chi connectivity index (χ0) is 23.3. The highest BCUT2D eigenvalue weighted by Crippen LogP contribution is 2.47. The molecular formula is C25H28ClN3O3S. The quantitative estimate of drug-likeness (QED) is 0.247. The zero-order valence-corrected chi connectivity index (χ0v) is 20.3. The second kappa shape index (κ2) is 10.7. The standard InChI is InChI=1S/C25H28ClN3O3S/c1-2-32-14-6-13-29-23(31)20-10-9-19(26)15-21(20)28-24(29)33-16-22(30)27-17-25(11-12-25)18-7-4-3-5-8-18/h3-5,7-10,15H,2,6,11-14,16-17H2,1H3,(H,27,30). The summed E-state index contributed by atoms with van der Waals surface area (Å²) in [5.74, 6) is 0.123. The summed E-state index contributed by atoms with van der Waals surface area (Å²) in [6.45, 7) is 4.24. The molecule has 1 heterocycles. The van der Waals surface area contributed by atoms with Gasteiger partial charge in [-0.3, -0.25) is 14.2 Å². The Kier molecular flexibility index (Phi) is 7.73. The van der Waals surface area contributed by atoms with E-state index in [-0.39, 0.29) is 22.6 Å². The normalized spacial score (nSPS) is 14.4. The van der Waals surface area contributed by atoms with Gasteiger partial charge in [0.25, 0.3) is 5.56 Å². The number of ether oxygens (including phenoxy) is 1. The highest BCUT2D eigenvalue weighted by atomic mass is 35.5. The molecule has 1 amide bonds. The van der Waals surface area contributed by atoms with Gasteiger partial charge in [0.2, 0.25) is 5.91 Å². The van der Waals surface area contributed by atoms with Gasteiger partial charge in [0, 0.05) is 36.7 Å². The van der Waals surface area contributed by atoms with Gasteiger partial charge < -0.3 is 10.1 Å². The number of rotatable bonds is 11. The monoisotopic (exact) mass is 485 g/mol. The van der Waals surface area contributed by atoms with Gasteiger partial charge in [-0.2, -0.15) is 0 Å². The molecule has 8 heteroatoms. The van der Waals surface area contributed by atoms with Crippen LogP contribution < -0.4 is 10.9 Å². The second-order valence-corrected chi connectivity index (χ2v) is 9.65. The van der Waals surface area contributed by atoms with Crippen molar-refractivity contribution in [2.45, 2.75) is 43.3 Å². The number of hydrogen-bond acceptors (Lipinski definition) is 5. The van der Waals surface area contributed by atoms with Crippen LogP contribution in [0.1, 0.15) is 31.7 Å². The van der Waals surface area contributed by atoms with Gasteiger partial charge in [0.15, 0.2) is 5.16 Å². The average Bonchev–Trinajstić information content (AvgIpc) is 3.62. The van der Waals surface area contributed by atoms with Crippen molar-refractivity contribution in [3.8, 4) is 0 Å². The minimum atomic E-state index is -0.128. The molecule has 1 aliphatic rings. The highest BCUT2D eigenvalue weighted by molar-refractivity contribution is 7.99. The number of fused-ring (bicyclic) bond motifs is 1. The van der Waals surface area contributed by atoms with E-state index in [1.54, 1.807) is 22.8 Å². The van der Waals surface area contributed by atoms with E-state index in [1.165, 1.54) is 17.3 Å². The van der Waals surface area contributed by atoms with Crippen LogP contribution in [0.5, 0.6) is 0 Å². The van der Waals surface area contributed by atoms with Crippen LogP contribution in [0.15, 0.2) is 58.5 Å². The van der Waals surface area contributed by atoms with Gasteiger partial charge in [-0.1, -0.05) is 53.7 Å². The van der Waals surface area contributed by atoms with E-state index >= 15 is 0 Å². The average molecular weight is 486 g/mol. The summed E-state index contributed by atoms with van der Waals surface area (Å²) in [6.07, 6.45) is 2.85. The lowest BCUT2D eigenvalue weighted by Gasteiger charge is -2.17. The molecule has 6 nitrogen and oxygen atoms in total. The zero-order valence-electron chi connectivity index (χ0n) is 18.7. The molecule has 1 N–H and O–H groups in total. The topological polar surface area (TPSA) is 73.2 Å². The molecule has 0 bridgehead atoms. The van der Waals surface area contributed by atoms with Crippen LogP contribution in [0, 0.1) is 0 Å². The van der Waals surface area contributed by atoms with E-state index in [0.717, 1.165) is 12.8 Å². The summed E-state index contributed by atoms with van der Waals surface area (Å²) in [5, 5.41) is 4.64. The smallest absolute Gasteiger partial charge is 0.262 e. The van der Waals surface area contributed by atoms with Gasteiger partial charge >= 0.3 is 0 Å². The van der Waals surface area contributed by atoms with Gasteiger partial charge in [0.1, 0.15) is 0 Å². The number of aromatic nitrogens is 2. The maximum atomic E-state index is 13.1. The molecule has 1 aromatic heterocycles. The fraction of sp³-hybridized carbons (Fsp3) is 0.400. The van der Waals surface area contributed by atoms with Crippen LogP contribution in [0.25, 0.3) is 10.9 Å². The lowest BCUT2D eigenvalue weighted by molar-refractivity contribution is -0.118. The second-order valence-electron chi connectivity index (χ2n) is 8.27. The van der Waals surface area contributed by atoms with Crippen molar-refractivity contribution < 1.29 is 9.53 Å². The van der Waals surface area contributed by atoms with E-state index in [4.69, 9.17) is 16.3 Å². The molecule has 33 heavy (non-hydrogen) atoms. The first-order valence-electron chi connectivity index (χ1n) is 11.3. The van der Waals surface area contributed by atoms with E-state index in [1.807, 2.05) is 25.1 Å². The Morgan fingerprint density at radius 2 is 2.03 bits per heavy atom. The lowest BCUT2D eigenvalue weighted by atomic mass is 9.96. The van der Waals surface area contributed by atoms with Crippen molar-refractivity contribution in [1.82, 2.24) is 14.9 Å². The molecule has 0 radical (unpaired) electrons. The largest absolute Gasteiger partial charge is 0.382 e. The first-order valence-corrected chi connectivity index (χ1v) is 12.6. The third-order valence-corrected chi connectivity index (χ3v) is 7.16. The molecular weight excluding hydrogens is 458 g/mol. The minimum Gasteiger partial charge on any atom is -0.382 e. The van der Waals surface area contributed by atoms with Crippen molar-refractivity contribution >= 4 is 40.2 Å². The molecule has 0 saturated heterocycles. The lowest BCUT2D eigenvalue weighted by Crippen LogP contribution is -2.33. The van der Waals surface area contributed by atoms with Crippen molar-refractivity contribution in [2.24, 2.45) is 0 Å². The summed E-state index contributed by atoms with van der Waals surface area (Å²) in [4.78, 5) is 30.4. The Morgan fingerprint density at radius 1 is 1.24 bits per heavy atom. The number of thioether (sulfide) groups is 1. The van der Waals surface area contributed by atoms with Crippen molar-refractivity contribution in [1.29, 1.82) is 0 Å². The highest BCUT2D eigenvalue weighted by Gasteiger charge is 2.44. The molecule has 1 fully saturated rings.